The zero-order valence-electron chi connectivity index (χ0n) is 9.01. The van der Waals surface area contributed by atoms with E-state index < -0.39 is 16.4 Å². The highest BCUT2D eigenvalue weighted by atomic mass is 79.9. The van der Waals surface area contributed by atoms with Crippen molar-refractivity contribution < 1.29 is 14.1 Å². The summed E-state index contributed by atoms with van der Waals surface area (Å²) < 4.78 is 18.4. The van der Waals surface area contributed by atoms with Crippen LogP contribution in [0.4, 0.5) is 10.1 Å². The minimum atomic E-state index is -0.704. The highest BCUT2D eigenvalue weighted by Gasteiger charge is 2.19. The Hall–Kier alpha value is -1.80. The van der Waals surface area contributed by atoms with Crippen molar-refractivity contribution in [2.24, 2.45) is 0 Å². The monoisotopic (exact) mass is 347 g/mol. The zero-order chi connectivity index (χ0) is 14.0. The van der Waals surface area contributed by atoms with Crippen LogP contribution in [0.25, 0.3) is 0 Å². The van der Waals surface area contributed by atoms with Gasteiger partial charge in [0, 0.05) is 0 Å². The second-order valence-corrected chi connectivity index (χ2v) is 4.46. The SMILES string of the molecule is O=[N+]([O-])c1cnc(Cl)nc1Oc1ccc(F)c(Br)c1. The molecule has 0 unspecified atom stereocenters. The molecule has 0 radical (unpaired) electrons. The van der Waals surface area contributed by atoms with Gasteiger partial charge in [0.15, 0.2) is 0 Å². The van der Waals surface area contributed by atoms with E-state index >= 15 is 0 Å². The van der Waals surface area contributed by atoms with Gasteiger partial charge in [-0.3, -0.25) is 10.1 Å². The molecule has 0 aliphatic heterocycles. The van der Waals surface area contributed by atoms with Crippen LogP contribution in [0, 0.1) is 15.9 Å². The normalized spacial score (nSPS) is 10.3. The fourth-order valence-corrected chi connectivity index (χ4v) is 1.68. The third kappa shape index (κ3) is 3.15. The predicted octanol–water partition coefficient (Wildman–Crippen LogP) is 3.73. The summed E-state index contributed by atoms with van der Waals surface area (Å²) in [4.78, 5) is 17.2. The molecule has 9 heteroatoms. The van der Waals surface area contributed by atoms with Gasteiger partial charge in [-0.2, -0.15) is 4.98 Å². The molecular formula is C10H4BrClFN3O3. The first-order valence-corrected chi connectivity index (χ1v) is 5.94. The van der Waals surface area contributed by atoms with Crippen LogP contribution < -0.4 is 4.74 Å². The standard InChI is InChI=1S/C10H4BrClFN3O3/c11-6-3-5(1-2-7(6)13)19-9-8(16(17)18)4-14-10(12)15-9/h1-4H. The maximum absolute atomic E-state index is 13.1. The first-order chi connectivity index (χ1) is 8.97. The minimum Gasteiger partial charge on any atom is -0.434 e. The van der Waals surface area contributed by atoms with Crippen molar-refractivity contribution in [1.29, 1.82) is 0 Å². The maximum Gasteiger partial charge on any atom is 0.349 e. The molecule has 1 heterocycles. The summed E-state index contributed by atoms with van der Waals surface area (Å²) in [6.45, 7) is 0. The van der Waals surface area contributed by atoms with Crippen molar-refractivity contribution in [3.63, 3.8) is 0 Å². The van der Waals surface area contributed by atoms with Crippen molar-refractivity contribution >= 4 is 33.2 Å². The first kappa shape index (κ1) is 13.6. The van der Waals surface area contributed by atoms with Gasteiger partial charge in [0.2, 0.25) is 5.28 Å². The average molecular weight is 349 g/mol. The maximum atomic E-state index is 13.1. The summed E-state index contributed by atoms with van der Waals surface area (Å²) >= 11 is 8.52. The Bertz CT molecular complexity index is 656. The van der Waals surface area contributed by atoms with Crippen LogP contribution in [0.1, 0.15) is 0 Å². The van der Waals surface area contributed by atoms with Gasteiger partial charge in [-0.05, 0) is 45.7 Å². The zero-order valence-corrected chi connectivity index (χ0v) is 11.4. The Balaban J connectivity index is 2.39. The van der Waals surface area contributed by atoms with E-state index in [-0.39, 0.29) is 21.4 Å². The largest absolute Gasteiger partial charge is 0.434 e. The predicted molar refractivity (Wildman–Crippen MR) is 67.9 cm³/mol. The molecule has 0 saturated heterocycles. The van der Waals surface area contributed by atoms with Crippen LogP contribution in [0.3, 0.4) is 0 Å². The molecule has 19 heavy (non-hydrogen) atoms. The fourth-order valence-electron chi connectivity index (χ4n) is 1.19. The molecule has 1 aromatic heterocycles. The number of hydrogen-bond acceptors (Lipinski definition) is 5. The molecule has 0 spiro atoms. The van der Waals surface area contributed by atoms with Crippen LogP contribution in [0.2, 0.25) is 5.28 Å². The quantitative estimate of drug-likeness (QED) is 0.480. The number of benzene rings is 1. The molecule has 0 saturated carbocycles. The third-order valence-electron chi connectivity index (χ3n) is 2.01. The lowest BCUT2D eigenvalue weighted by atomic mass is 10.3. The number of ether oxygens (including phenoxy) is 1. The molecule has 0 fully saturated rings. The Kier molecular flexibility index (Phi) is 3.91. The fraction of sp³-hybridized carbons (Fsp3) is 0. The molecule has 2 rings (SSSR count). The van der Waals surface area contributed by atoms with E-state index in [2.05, 4.69) is 25.9 Å². The highest BCUT2D eigenvalue weighted by Crippen LogP contribution is 2.31. The molecule has 2 aromatic rings. The van der Waals surface area contributed by atoms with Gasteiger partial charge < -0.3 is 4.74 Å². The highest BCUT2D eigenvalue weighted by molar-refractivity contribution is 9.10. The molecule has 98 valence electrons. The van der Waals surface area contributed by atoms with Gasteiger partial charge in [-0.1, -0.05) is 0 Å². The van der Waals surface area contributed by atoms with Gasteiger partial charge in [0.05, 0.1) is 9.40 Å². The van der Waals surface area contributed by atoms with Crippen molar-refractivity contribution in [3.8, 4) is 11.6 Å². The van der Waals surface area contributed by atoms with E-state index in [1.807, 2.05) is 0 Å². The van der Waals surface area contributed by atoms with Crippen LogP contribution in [0.15, 0.2) is 28.9 Å². The number of hydrogen-bond donors (Lipinski definition) is 0. The summed E-state index contributed by atoms with van der Waals surface area (Å²) in [6, 6.07) is 3.77. The molecule has 0 bridgehead atoms. The number of nitro groups is 1. The van der Waals surface area contributed by atoms with Crippen LogP contribution in [-0.4, -0.2) is 14.9 Å². The Morgan fingerprint density at radius 1 is 1.47 bits per heavy atom. The Labute approximate surface area is 119 Å². The first-order valence-electron chi connectivity index (χ1n) is 4.77. The molecule has 0 aliphatic carbocycles. The second-order valence-electron chi connectivity index (χ2n) is 3.26. The smallest absolute Gasteiger partial charge is 0.349 e. The van der Waals surface area contributed by atoms with E-state index in [9.17, 15) is 14.5 Å². The van der Waals surface area contributed by atoms with E-state index in [0.717, 1.165) is 12.3 Å². The van der Waals surface area contributed by atoms with Gasteiger partial charge in [-0.15, -0.1) is 0 Å². The summed E-state index contributed by atoms with van der Waals surface area (Å²) in [7, 11) is 0. The summed E-state index contributed by atoms with van der Waals surface area (Å²) in [5, 5.41) is 10.6. The van der Waals surface area contributed by atoms with Gasteiger partial charge >= 0.3 is 11.6 Å². The van der Waals surface area contributed by atoms with Crippen LogP contribution in [-0.2, 0) is 0 Å². The lowest BCUT2D eigenvalue weighted by Gasteiger charge is -2.05. The summed E-state index contributed by atoms with van der Waals surface area (Å²) in [5.41, 5.74) is -0.440. The lowest BCUT2D eigenvalue weighted by Crippen LogP contribution is -1.98. The summed E-state index contributed by atoms with van der Waals surface area (Å²) in [5.74, 6) is -0.628. The topological polar surface area (TPSA) is 78.2 Å². The van der Waals surface area contributed by atoms with Crippen LogP contribution in [0.5, 0.6) is 11.6 Å². The van der Waals surface area contributed by atoms with Crippen molar-refractivity contribution in [3.05, 3.63) is 50.1 Å². The van der Waals surface area contributed by atoms with Gasteiger partial charge in [0.1, 0.15) is 17.8 Å². The molecule has 1 aromatic carbocycles. The number of rotatable bonds is 3. The van der Waals surface area contributed by atoms with Gasteiger partial charge in [0.25, 0.3) is 0 Å². The molecule has 6 nitrogen and oxygen atoms in total. The molecular weight excluding hydrogens is 344 g/mol. The number of nitrogens with zero attached hydrogens (tertiary/aromatic N) is 3. The van der Waals surface area contributed by atoms with Crippen molar-refractivity contribution in [2.45, 2.75) is 0 Å². The third-order valence-corrected chi connectivity index (χ3v) is 2.80. The Morgan fingerprint density at radius 3 is 2.84 bits per heavy atom. The molecule has 0 N–H and O–H groups in total. The summed E-state index contributed by atoms with van der Waals surface area (Å²) in [6.07, 6.45) is 0.934. The van der Waals surface area contributed by atoms with Crippen molar-refractivity contribution in [2.75, 3.05) is 0 Å². The number of aromatic nitrogens is 2. The lowest BCUT2D eigenvalue weighted by molar-refractivity contribution is -0.386. The van der Waals surface area contributed by atoms with Crippen molar-refractivity contribution in [1.82, 2.24) is 9.97 Å². The molecule has 0 aliphatic rings. The van der Waals surface area contributed by atoms with E-state index in [4.69, 9.17) is 16.3 Å². The Morgan fingerprint density at radius 2 is 2.21 bits per heavy atom. The van der Waals surface area contributed by atoms with E-state index in [1.54, 1.807) is 0 Å². The molecule has 0 atom stereocenters. The second kappa shape index (κ2) is 5.45. The van der Waals surface area contributed by atoms with E-state index in [0.29, 0.717) is 0 Å². The minimum absolute atomic E-state index is 0.160. The van der Waals surface area contributed by atoms with Gasteiger partial charge in [-0.25, -0.2) is 9.37 Å². The molecule has 0 amide bonds. The van der Waals surface area contributed by atoms with Crippen LogP contribution >= 0.6 is 27.5 Å². The average Bonchev–Trinajstić information content (AvgIpc) is 2.33. The number of halogens is 3. The van der Waals surface area contributed by atoms with E-state index in [1.165, 1.54) is 12.1 Å².